The molecular weight excluding hydrogens is 392 g/mol. The minimum Gasteiger partial charge on any atom is -0.314 e. The molecule has 0 saturated carbocycles. The van der Waals surface area contributed by atoms with Crippen LogP contribution < -0.4 is 4.72 Å². The second-order valence-corrected chi connectivity index (χ2v) is 7.56. The van der Waals surface area contributed by atoms with Crippen molar-refractivity contribution >= 4 is 31.6 Å². The fourth-order valence-electron chi connectivity index (χ4n) is 2.30. The average molecular weight is 407 g/mol. The number of aryl methyl sites for hydroxylation is 1. The second kappa shape index (κ2) is 6.74. The molecule has 0 aliphatic rings. The predicted molar refractivity (Wildman–Crippen MR) is 96.1 cm³/mol. The number of hydrogen-bond acceptors (Lipinski definition) is 4. The zero-order chi connectivity index (χ0) is 17.2. The van der Waals surface area contributed by atoms with Crippen LogP contribution in [0.25, 0.3) is 11.4 Å². The van der Waals surface area contributed by atoms with Crippen LogP contribution in [0.4, 0.5) is 5.69 Å². The number of anilines is 1. The van der Waals surface area contributed by atoms with E-state index < -0.39 is 10.0 Å². The smallest absolute Gasteiger partial charge is 0.263 e. The summed E-state index contributed by atoms with van der Waals surface area (Å²) in [5, 5.41) is 8.00. The van der Waals surface area contributed by atoms with Gasteiger partial charge in [0.2, 0.25) is 0 Å². The van der Waals surface area contributed by atoms with Crippen molar-refractivity contribution in [1.82, 2.24) is 14.8 Å². The molecule has 124 valence electrons. The number of rotatable bonds is 5. The summed E-state index contributed by atoms with van der Waals surface area (Å²) in [6.07, 6.45) is 1.65. The van der Waals surface area contributed by atoms with Crippen molar-refractivity contribution in [2.45, 2.75) is 18.4 Å². The van der Waals surface area contributed by atoms with Gasteiger partial charge in [0.25, 0.3) is 10.0 Å². The molecule has 1 heterocycles. The van der Waals surface area contributed by atoms with Crippen LogP contribution in [0.1, 0.15) is 6.92 Å². The quantitative estimate of drug-likeness (QED) is 0.702. The molecule has 2 aromatic carbocycles. The molecule has 0 aliphatic heterocycles. The third kappa shape index (κ3) is 3.34. The van der Waals surface area contributed by atoms with Crippen molar-refractivity contribution in [3.63, 3.8) is 0 Å². The van der Waals surface area contributed by atoms with Crippen molar-refractivity contribution in [3.05, 3.63) is 59.3 Å². The van der Waals surface area contributed by atoms with Gasteiger partial charge in [-0.15, -0.1) is 10.2 Å². The minimum absolute atomic E-state index is 0.187. The summed E-state index contributed by atoms with van der Waals surface area (Å²) in [5.74, 6) is 0.694. The van der Waals surface area contributed by atoms with Crippen LogP contribution in [-0.2, 0) is 16.6 Å². The van der Waals surface area contributed by atoms with Crippen LogP contribution in [-0.4, -0.2) is 23.2 Å². The molecule has 3 rings (SSSR count). The lowest BCUT2D eigenvalue weighted by molar-refractivity contribution is 0.601. The van der Waals surface area contributed by atoms with Crippen LogP contribution in [0.3, 0.4) is 0 Å². The summed E-state index contributed by atoms with van der Waals surface area (Å²) < 4.78 is 30.1. The number of hydrogen-bond donors (Lipinski definition) is 1. The van der Waals surface area contributed by atoms with Crippen LogP contribution in [0.15, 0.2) is 64.2 Å². The lowest BCUT2D eigenvalue weighted by Gasteiger charge is -2.11. The first-order valence-electron chi connectivity index (χ1n) is 7.27. The maximum Gasteiger partial charge on any atom is 0.263 e. The van der Waals surface area contributed by atoms with E-state index in [0.29, 0.717) is 16.0 Å². The van der Waals surface area contributed by atoms with Gasteiger partial charge in [-0.1, -0.05) is 24.3 Å². The summed E-state index contributed by atoms with van der Waals surface area (Å²) in [7, 11) is -3.68. The van der Waals surface area contributed by atoms with Crippen molar-refractivity contribution in [2.24, 2.45) is 0 Å². The molecule has 0 atom stereocenters. The number of nitrogens with zero attached hydrogens (tertiary/aromatic N) is 3. The Labute approximate surface area is 148 Å². The van der Waals surface area contributed by atoms with Gasteiger partial charge in [-0.25, -0.2) is 8.42 Å². The van der Waals surface area contributed by atoms with Gasteiger partial charge in [0.15, 0.2) is 5.82 Å². The van der Waals surface area contributed by atoms with Crippen LogP contribution in [0.2, 0.25) is 0 Å². The van der Waals surface area contributed by atoms with Crippen LogP contribution >= 0.6 is 15.9 Å². The number of halogens is 1. The lowest BCUT2D eigenvalue weighted by atomic mass is 10.2. The monoisotopic (exact) mass is 406 g/mol. The Morgan fingerprint density at radius 3 is 2.71 bits per heavy atom. The van der Waals surface area contributed by atoms with E-state index >= 15 is 0 Å². The maximum atomic E-state index is 12.6. The predicted octanol–water partition coefficient (Wildman–Crippen LogP) is 3.53. The molecule has 0 amide bonds. The minimum atomic E-state index is -3.68. The number of nitrogens with one attached hydrogen (secondary N) is 1. The van der Waals surface area contributed by atoms with Gasteiger partial charge in [-0.2, -0.15) is 0 Å². The van der Waals surface area contributed by atoms with Gasteiger partial charge in [-0.3, -0.25) is 4.72 Å². The van der Waals surface area contributed by atoms with Gasteiger partial charge in [0.1, 0.15) is 11.2 Å². The Kier molecular flexibility index (Phi) is 4.68. The molecule has 6 nitrogen and oxygen atoms in total. The molecule has 8 heteroatoms. The van der Waals surface area contributed by atoms with Gasteiger partial charge in [0, 0.05) is 22.3 Å². The highest BCUT2D eigenvalue weighted by molar-refractivity contribution is 9.10. The maximum absolute atomic E-state index is 12.6. The van der Waals surface area contributed by atoms with Crippen molar-refractivity contribution in [2.75, 3.05) is 4.72 Å². The molecule has 0 bridgehead atoms. The van der Waals surface area contributed by atoms with E-state index in [1.807, 2.05) is 17.6 Å². The molecule has 1 aromatic heterocycles. The van der Waals surface area contributed by atoms with Crippen molar-refractivity contribution in [1.29, 1.82) is 0 Å². The van der Waals surface area contributed by atoms with Crippen molar-refractivity contribution < 1.29 is 8.42 Å². The summed E-state index contributed by atoms with van der Waals surface area (Å²) in [6.45, 7) is 2.72. The van der Waals surface area contributed by atoms with Gasteiger partial charge in [-0.05, 0) is 47.1 Å². The summed E-state index contributed by atoms with van der Waals surface area (Å²) in [6, 6.07) is 13.8. The van der Waals surface area contributed by atoms with Gasteiger partial charge in [0.05, 0.1) is 0 Å². The third-order valence-electron chi connectivity index (χ3n) is 3.46. The molecule has 0 fully saturated rings. The van der Waals surface area contributed by atoms with E-state index in [4.69, 9.17) is 0 Å². The molecule has 0 saturated heterocycles. The molecule has 0 unspecified atom stereocenters. The summed E-state index contributed by atoms with van der Waals surface area (Å²) in [5.41, 5.74) is 1.26. The van der Waals surface area contributed by atoms with Gasteiger partial charge < -0.3 is 4.57 Å². The zero-order valence-electron chi connectivity index (χ0n) is 12.8. The SMILES string of the molecule is CCn1cnnc1-c1cccc(NS(=O)(=O)c2ccccc2Br)c1. The van der Waals surface area contributed by atoms with E-state index in [0.717, 1.165) is 12.1 Å². The number of benzene rings is 2. The molecule has 1 N–H and O–H groups in total. The van der Waals surface area contributed by atoms with E-state index in [-0.39, 0.29) is 4.90 Å². The Hall–Kier alpha value is -2.19. The first-order chi connectivity index (χ1) is 11.5. The molecule has 24 heavy (non-hydrogen) atoms. The highest BCUT2D eigenvalue weighted by atomic mass is 79.9. The zero-order valence-corrected chi connectivity index (χ0v) is 15.3. The average Bonchev–Trinajstić information content (AvgIpc) is 3.03. The first kappa shape index (κ1) is 16.7. The summed E-state index contributed by atoms with van der Waals surface area (Å²) in [4.78, 5) is 0.187. The lowest BCUT2D eigenvalue weighted by Crippen LogP contribution is -2.13. The van der Waals surface area contributed by atoms with E-state index in [1.165, 1.54) is 0 Å². The molecule has 3 aromatic rings. The summed E-state index contributed by atoms with van der Waals surface area (Å²) >= 11 is 3.27. The third-order valence-corrected chi connectivity index (χ3v) is 5.85. The Morgan fingerprint density at radius 1 is 1.17 bits per heavy atom. The Morgan fingerprint density at radius 2 is 1.96 bits per heavy atom. The standard InChI is InChI=1S/C16H15BrN4O2S/c1-2-21-11-18-19-16(21)12-6-5-7-13(10-12)20-24(22,23)15-9-4-3-8-14(15)17/h3-11,20H,2H2,1H3. The Balaban J connectivity index is 1.94. The highest BCUT2D eigenvalue weighted by Crippen LogP contribution is 2.26. The fraction of sp³-hybridized carbons (Fsp3) is 0.125. The topological polar surface area (TPSA) is 76.9 Å². The van der Waals surface area contributed by atoms with E-state index in [9.17, 15) is 8.42 Å². The normalized spacial score (nSPS) is 11.4. The molecule has 0 aliphatic carbocycles. The highest BCUT2D eigenvalue weighted by Gasteiger charge is 2.17. The Bertz CT molecular complexity index is 969. The van der Waals surface area contributed by atoms with E-state index in [2.05, 4.69) is 30.8 Å². The number of aromatic nitrogens is 3. The second-order valence-electron chi connectivity index (χ2n) is 5.06. The fourth-order valence-corrected chi connectivity index (χ4v) is 4.36. The van der Waals surface area contributed by atoms with Gasteiger partial charge >= 0.3 is 0 Å². The molecule has 0 radical (unpaired) electrons. The van der Waals surface area contributed by atoms with Crippen LogP contribution in [0.5, 0.6) is 0 Å². The molecular formula is C16H15BrN4O2S. The van der Waals surface area contributed by atoms with E-state index in [1.54, 1.807) is 48.8 Å². The largest absolute Gasteiger partial charge is 0.314 e. The molecule has 0 spiro atoms. The first-order valence-corrected chi connectivity index (χ1v) is 9.54. The van der Waals surface area contributed by atoms with Crippen LogP contribution in [0, 0.1) is 0 Å². The number of sulfonamides is 1. The van der Waals surface area contributed by atoms with Crippen molar-refractivity contribution in [3.8, 4) is 11.4 Å².